The van der Waals surface area contributed by atoms with Crippen molar-refractivity contribution in [3.05, 3.63) is 218 Å². The van der Waals surface area contributed by atoms with E-state index in [0.29, 0.717) is 34.3 Å². The fraction of sp³-hybridized carbons (Fsp3) is 0.102. The van der Waals surface area contributed by atoms with Crippen LogP contribution < -0.4 is 27.4 Å². The Morgan fingerprint density at radius 2 is 0.984 bits per heavy atom. The van der Waals surface area contributed by atoms with E-state index in [9.17, 15) is 0 Å². The Labute approximate surface area is 368 Å². The van der Waals surface area contributed by atoms with Crippen LogP contribution in [0.25, 0.3) is 16.1 Å². The van der Waals surface area contributed by atoms with Crippen LogP contribution in [0, 0.1) is 0 Å². The van der Waals surface area contributed by atoms with E-state index in [0.717, 1.165) is 68.9 Å². The van der Waals surface area contributed by atoms with Gasteiger partial charge in [0.1, 0.15) is 17.8 Å². The van der Waals surface area contributed by atoms with Crippen molar-refractivity contribution >= 4 is 45.8 Å². The molecule has 0 saturated heterocycles. The standard InChI is InChI=1S/C32H18N8.C16H13N3.CH4.Cu.H3N/c1-2-10-18-17(9-1)25-33-26(18)38-28-21-13-5-6-14-22(21)30(35-28)40-32-24-16-8-7-15-23(24)31(36-32)39-29-20-12-4-3-11-19(20)27(34-29)37-25;1-3-7-13-11(5-1)9-17-15(13)19-16-14-8-4-2-6-12(14)10-18-16;;;/h1-16,25,30H;1-8H,9-10H2,(H,17,18,19);1H4;;1H3/q-2;;;+2;. The molecule has 62 heavy (non-hydrogen) atoms. The van der Waals surface area contributed by atoms with Crippen molar-refractivity contribution in [2.75, 3.05) is 0 Å². The van der Waals surface area contributed by atoms with E-state index in [-0.39, 0.29) is 30.6 Å². The zero-order valence-corrected chi connectivity index (χ0v) is 33.3. The second-order valence-electron chi connectivity index (χ2n) is 14.7. The van der Waals surface area contributed by atoms with Gasteiger partial charge in [-0.25, -0.2) is 4.99 Å². The Balaban J connectivity index is 0.000000189. The molecule has 13 rings (SSSR count). The Hall–Kier alpha value is -7.44. The van der Waals surface area contributed by atoms with Gasteiger partial charge in [-0.15, -0.1) is 0 Å². The number of fused-ring (bicyclic) bond motifs is 20. The van der Waals surface area contributed by atoms with Crippen LogP contribution in [-0.2, 0) is 30.2 Å². The van der Waals surface area contributed by atoms with Gasteiger partial charge in [-0.3, -0.25) is 20.0 Å². The van der Waals surface area contributed by atoms with E-state index >= 15 is 0 Å². The number of nitrogens with one attached hydrogen (secondary N) is 1. The third-order valence-electron chi connectivity index (χ3n) is 11.2. The third-order valence-corrected chi connectivity index (χ3v) is 11.2. The average Bonchev–Trinajstić information content (AvgIpc) is 4.15. The molecule has 1 radical (unpaired) electrons. The van der Waals surface area contributed by atoms with Crippen LogP contribution in [-0.4, -0.2) is 35.0 Å². The molecule has 8 bridgehead atoms. The first-order valence-corrected chi connectivity index (χ1v) is 19.5. The van der Waals surface area contributed by atoms with Crippen LogP contribution >= 0.6 is 0 Å². The van der Waals surface area contributed by atoms with Crippen LogP contribution in [0.2, 0.25) is 0 Å². The zero-order chi connectivity index (χ0) is 38.9. The molecular formula is C49H38CuN12. The van der Waals surface area contributed by atoms with Gasteiger partial charge >= 0.3 is 17.1 Å². The molecule has 6 aliphatic rings. The van der Waals surface area contributed by atoms with Crippen LogP contribution in [0.4, 0.5) is 0 Å². The molecule has 7 aromatic rings. The second kappa shape index (κ2) is 16.2. The Morgan fingerprint density at radius 1 is 0.468 bits per heavy atom. The molecule has 305 valence electrons. The van der Waals surface area contributed by atoms with E-state index < -0.39 is 12.3 Å². The van der Waals surface area contributed by atoms with E-state index in [2.05, 4.69) is 51.7 Å². The van der Waals surface area contributed by atoms with E-state index in [1.165, 1.54) is 22.3 Å². The summed E-state index contributed by atoms with van der Waals surface area (Å²) in [7, 11) is 0. The monoisotopic (exact) mass is 857 g/mol. The molecule has 4 N–H and O–H groups in total. The van der Waals surface area contributed by atoms with Gasteiger partial charge in [-0.1, -0.05) is 159 Å². The molecule has 13 heteroatoms. The number of nitrogens with zero attached hydrogens (tertiary/aromatic N) is 10. The molecule has 1 aromatic heterocycles. The number of aromatic nitrogens is 1. The first-order valence-electron chi connectivity index (χ1n) is 19.5. The van der Waals surface area contributed by atoms with Gasteiger partial charge in [-0.2, -0.15) is 0 Å². The van der Waals surface area contributed by atoms with Gasteiger partial charge in [0.25, 0.3) is 0 Å². The largest absolute Gasteiger partial charge is 2.00 e. The molecule has 7 heterocycles. The summed E-state index contributed by atoms with van der Waals surface area (Å²) in [6.45, 7) is 1.51. The maximum atomic E-state index is 5.04. The van der Waals surface area contributed by atoms with E-state index in [4.69, 9.17) is 40.3 Å². The number of benzene rings is 6. The number of hydrogen-bond acceptors (Lipinski definition) is 10. The molecule has 6 aromatic carbocycles. The van der Waals surface area contributed by atoms with Crippen molar-refractivity contribution in [3.8, 4) is 0 Å². The summed E-state index contributed by atoms with van der Waals surface area (Å²) in [5.74, 6) is 4.24. The summed E-state index contributed by atoms with van der Waals surface area (Å²) < 4.78 is 0. The predicted octanol–water partition coefficient (Wildman–Crippen LogP) is 7.84. The minimum absolute atomic E-state index is 0. The topological polar surface area (TPSA) is 174 Å². The molecule has 0 saturated carbocycles. The predicted molar refractivity (Wildman–Crippen MR) is 242 cm³/mol. The fourth-order valence-corrected chi connectivity index (χ4v) is 8.33. The number of aliphatic imine (C=N–C) groups is 6. The summed E-state index contributed by atoms with van der Waals surface area (Å²) in [5, 5.41) is 10.2. The number of hydrogen-bond donors (Lipinski definition) is 2. The zero-order valence-electron chi connectivity index (χ0n) is 32.4. The van der Waals surface area contributed by atoms with Crippen molar-refractivity contribution < 1.29 is 17.1 Å². The first kappa shape index (κ1) is 40.0. The summed E-state index contributed by atoms with van der Waals surface area (Å²) in [6, 6.07) is 48.8. The van der Waals surface area contributed by atoms with E-state index in [1.807, 2.05) is 109 Å². The Kier molecular flexibility index (Phi) is 10.5. The maximum Gasteiger partial charge on any atom is 2.00 e. The van der Waals surface area contributed by atoms with Crippen molar-refractivity contribution in [3.63, 3.8) is 0 Å². The quantitative estimate of drug-likeness (QED) is 0.148. The number of amidine groups is 6. The van der Waals surface area contributed by atoms with Crippen molar-refractivity contribution in [2.24, 2.45) is 39.9 Å². The van der Waals surface area contributed by atoms with Gasteiger partial charge in [0.15, 0.2) is 5.84 Å². The second-order valence-corrected chi connectivity index (χ2v) is 14.7. The smallest absolute Gasteiger partial charge is 0.438 e. The molecule has 6 aliphatic heterocycles. The van der Waals surface area contributed by atoms with Crippen LogP contribution in [0.3, 0.4) is 0 Å². The van der Waals surface area contributed by atoms with Crippen LogP contribution in [0.1, 0.15) is 75.4 Å². The summed E-state index contributed by atoms with van der Waals surface area (Å²) >= 11 is 0. The fourth-order valence-electron chi connectivity index (χ4n) is 8.33. The third kappa shape index (κ3) is 6.69. The molecule has 0 amide bonds. The van der Waals surface area contributed by atoms with Gasteiger partial charge in [0.2, 0.25) is 0 Å². The molecule has 2 atom stereocenters. The molecule has 12 nitrogen and oxygen atoms in total. The summed E-state index contributed by atoms with van der Waals surface area (Å²) in [5.41, 5.74) is 11.8. The minimum atomic E-state index is -0.476. The minimum Gasteiger partial charge on any atom is -0.438 e. The van der Waals surface area contributed by atoms with E-state index in [1.54, 1.807) is 0 Å². The van der Waals surface area contributed by atoms with Crippen molar-refractivity contribution in [1.82, 2.24) is 16.5 Å². The van der Waals surface area contributed by atoms with Gasteiger partial charge in [-0.05, 0) is 38.6 Å². The van der Waals surface area contributed by atoms with Crippen molar-refractivity contribution in [2.45, 2.75) is 32.8 Å². The molecule has 0 aliphatic carbocycles. The van der Waals surface area contributed by atoms with Crippen LogP contribution in [0.15, 0.2) is 186 Å². The van der Waals surface area contributed by atoms with Gasteiger partial charge < -0.3 is 36.7 Å². The van der Waals surface area contributed by atoms with Gasteiger partial charge in [0.05, 0.1) is 30.9 Å². The van der Waals surface area contributed by atoms with Gasteiger partial charge in [0, 0.05) is 38.8 Å². The molecule has 0 fully saturated rings. The molecule has 0 spiro atoms. The normalized spacial score (nSPS) is 17.5. The Morgan fingerprint density at radius 3 is 1.66 bits per heavy atom. The van der Waals surface area contributed by atoms with Crippen LogP contribution in [0.5, 0.6) is 0 Å². The SMILES string of the molecule is C.N.[Cu+2].c1ccc2c(c1)C1=NC2=NC2[N-]C(=NC3=NC(N=c4[n-]c(c5ccccc45)=N1)c1ccccc13)c1ccccc12.c1ccc2c(c1)CN=C2NC1=NCc2ccccc21. The Bertz CT molecular complexity index is 3200. The average molecular weight is 858 g/mol. The molecular weight excluding hydrogens is 820 g/mol. The summed E-state index contributed by atoms with van der Waals surface area (Å²) in [4.78, 5) is 43.9. The molecule has 2 unspecified atom stereocenters. The number of rotatable bonds is 0. The first-order chi connectivity index (χ1) is 29.2. The maximum absolute atomic E-state index is 5.04. The summed E-state index contributed by atoms with van der Waals surface area (Å²) in [6.07, 6.45) is -0.951. The van der Waals surface area contributed by atoms with Crippen molar-refractivity contribution in [1.29, 1.82) is 0 Å².